The highest BCUT2D eigenvalue weighted by atomic mass is 28.4. The predicted octanol–water partition coefficient (Wildman–Crippen LogP) is 4.97. The maximum Gasteiger partial charge on any atom is 0.494 e. The monoisotopic (exact) mass is 274 g/mol. The molecule has 4 heteroatoms. The second kappa shape index (κ2) is 9.42. The summed E-state index contributed by atoms with van der Waals surface area (Å²) in [5.74, 6) is 0.480. The standard InChI is InChI=1S/C14H30O3Si/c1-6-10-11-13(7-2)12-16-14(15)17-18(5,8-3)9-4/h13H,6-12H2,1-5H3. The van der Waals surface area contributed by atoms with Gasteiger partial charge in [-0.1, -0.05) is 47.0 Å². The molecule has 0 aromatic carbocycles. The summed E-state index contributed by atoms with van der Waals surface area (Å²) in [4.78, 5) is 11.7. The van der Waals surface area contributed by atoms with Crippen LogP contribution in [-0.4, -0.2) is 21.1 Å². The van der Waals surface area contributed by atoms with Crippen LogP contribution in [0.1, 0.15) is 53.4 Å². The van der Waals surface area contributed by atoms with Crippen molar-refractivity contribution < 1.29 is 14.0 Å². The van der Waals surface area contributed by atoms with Crippen molar-refractivity contribution in [3.63, 3.8) is 0 Å². The van der Waals surface area contributed by atoms with Gasteiger partial charge < -0.3 is 9.16 Å². The second-order valence-electron chi connectivity index (χ2n) is 5.24. The van der Waals surface area contributed by atoms with Crippen molar-refractivity contribution >= 4 is 14.5 Å². The summed E-state index contributed by atoms with van der Waals surface area (Å²) < 4.78 is 10.8. The van der Waals surface area contributed by atoms with E-state index in [0.29, 0.717) is 12.5 Å². The average molecular weight is 274 g/mol. The van der Waals surface area contributed by atoms with Gasteiger partial charge in [-0.2, -0.15) is 0 Å². The summed E-state index contributed by atoms with van der Waals surface area (Å²) in [7, 11) is -1.84. The van der Waals surface area contributed by atoms with Crippen LogP contribution in [0, 0.1) is 5.92 Å². The van der Waals surface area contributed by atoms with Crippen LogP contribution < -0.4 is 0 Å². The fourth-order valence-corrected chi connectivity index (χ4v) is 2.96. The van der Waals surface area contributed by atoms with Gasteiger partial charge in [0.25, 0.3) is 8.32 Å². The van der Waals surface area contributed by atoms with E-state index >= 15 is 0 Å². The third-order valence-corrected chi connectivity index (χ3v) is 7.46. The van der Waals surface area contributed by atoms with Gasteiger partial charge in [0.1, 0.15) is 0 Å². The maximum atomic E-state index is 11.7. The lowest BCUT2D eigenvalue weighted by atomic mass is 10.0. The predicted molar refractivity (Wildman–Crippen MR) is 78.3 cm³/mol. The van der Waals surface area contributed by atoms with Crippen molar-refractivity contribution in [1.29, 1.82) is 0 Å². The van der Waals surface area contributed by atoms with Crippen LogP contribution in [-0.2, 0) is 9.16 Å². The molecule has 0 N–H and O–H groups in total. The van der Waals surface area contributed by atoms with Gasteiger partial charge in [0.05, 0.1) is 6.61 Å². The zero-order valence-electron chi connectivity index (χ0n) is 12.8. The summed E-state index contributed by atoms with van der Waals surface area (Å²) in [6.45, 7) is 11.1. The SMILES string of the molecule is CCCCC(CC)COC(=O)O[Si](C)(CC)CC. The van der Waals surface area contributed by atoms with Crippen LogP contribution in [0.15, 0.2) is 0 Å². The van der Waals surface area contributed by atoms with E-state index < -0.39 is 14.5 Å². The van der Waals surface area contributed by atoms with Crippen molar-refractivity contribution in [2.45, 2.75) is 72.0 Å². The summed E-state index contributed by atoms with van der Waals surface area (Å²) in [5.41, 5.74) is 0. The van der Waals surface area contributed by atoms with E-state index in [1.54, 1.807) is 0 Å². The first-order valence-electron chi connectivity index (χ1n) is 7.37. The van der Waals surface area contributed by atoms with Crippen molar-refractivity contribution in [2.24, 2.45) is 5.92 Å². The van der Waals surface area contributed by atoms with Crippen molar-refractivity contribution in [1.82, 2.24) is 0 Å². The molecule has 0 aliphatic heterocycles. The molecule has 0 saturated carbocycles. The van der Waals surface area contributed by atoms with Crippen LogP contribution >= 0.6 is 0 Å². The minimum Gasteiger partial charge on any atom is -0.489 e. The first-order valence-corrected chi connectivity index (χ1v) is 10.2. The van der Waals surface area contributed by atoms with Gasteiger partial charge in [-0.25, -0.2) is 4.79 Å². The molecule has 1 unspecified atom stereocenters. The number of hydrogen-bond acceptors (Lipinski definition) is 3. The van der Waals surface area contributed by atoms with Crippen molar-refractivity contribution in [2.75, 3.05) is 6.61 Å². The Balaban J connectivity index is 4.00. The molecule has 3 nitrogen and oxygen atoms in total. The minimum atomic E-state index is -1.84. The third kappa shape index (κ3) is 7.04. The highest BCUT2D eigenvalue weighted by molar-refractivity contribution is 6.73. The minimum absolute atomic E-state index is 0.456. The van der Waals surface area contributed by atoms with E-state index in [2.05, 4.69) is 34.2 Å². The summed E-state index contributed by atoms with van der Waals surface area (Å²) >= 11 is 0. The Morgan fingerprint density at radius 2 is 1.78 bits per heavy atom. The molecular weight excluding hydrogens is 244 g/mol. The van der Waals surface area contributed by atoms with Gasteiger partial charge >= 0.3 is 6.16 Å². The molecule has 0 saturated heterocycles. The molecule has 0 spiro atoms. The van der Waals surface area contributed by atoms with E-state index in [4.69, 9.17) is 9.16 Å². The van der Waals surface area contributed by atoms with E-state index in [9.17, 15) is 4.79 Å². The molecular formula is C14H30O3Si. The van der Waals surface area contributed by atoms with Crippen molar-refractivity contribution in [3.05, 3.63) is 0 Å². The maximum absolute atomic E-state index is 11.7. The molecule has 0 aromatic heterocycles. The fraction of sp³-hybridized carbons (Fsp3) is 0.929. The number of ether oxygens (including phenoxy) is 1. The summed E-state index contributed by atoms with van der Waals surface area (Å²) in [5, 5.41) is 0. The van der Waals surface area contributed by atoms with Gasteiger partial charge in [-0.15, -0.1) is 0 Å². The van der Waals surface area contributed by atoms with Gasteiger partial charge in [0, 0.05) is 0 Å². The topological polar surface area (TPSA) is 35.5 Å². The van der Waals surface area contributed by atoms with E-state index in [-0.39, 0.29) is 0 Å². The number of carbonyl (C=O) groups excluding carboxylic acids is 1. The Bertz CT molecular complexity index is 227. The van der Waals surface area contributed by atoms with E-state index in [1.165, 1.54) is 12.8 Å². The normalized spacial score (nSPS) is 13.2. The Hall–Kier alpha value is -0.513. The lowest BCUT2D eigenvalue weighted by Crippen LogP contribution is -2.36. The Morgan fingerprint density at radius 3 is 2.22 bits per heavy atom. The Labute approximate surface area is 113 Å². The molecule has 0 amide bonds. The van der Waals surface area contributed by atoms with Gasteiger partial charge in [0.2, 0.25) is 0 Å². The van der Waals surface area contributed by atoms with Crippen LogP contribution in [0.3, 0.4) is 0 Å². The molecule has 0 heterocycles. The molecule has 0 aliphatic carbocycles. The van der Waals surface area contributed by atoms with Gasteiger partial charge in [-0.05, 0) is 31.0 Å². The van der Waals surface area contributed by atoms with Crippen LogP contribution in [0.5, 0.6) is 0 Å². The Kier molecular flexibility index (Phi) is 9.15. The summed E-state index contributed by atoms with van der Waals surface area (Å²) in [6.07, 6.45) is 4.13. The molecule has 0 aliphatic rings. The molecule has 18 heavy (non-hydrogen) atoms. The molecule has 108 valence electrons. The summed E-state index contributed by atoms with van der Waals surface area (Å²) in [6, 6.07) is 1.90. The molecule has 0 fully saturated rings. The number of rotatable bonds is 9. The van der Waals surface area contributed by atoms with Crippen LogP contribution in [0.4, 0.5) is 4.79 Å². The molecule has 0 bridgehead atoms. The molecule has 1 atom stereocenters. The first kappa shape index (κ1) is 17.5. The van der Waals surface area contributed by atoms with E-state index in [0.717, 1.165) is 24.9 Å². The Morgan fingerprint density at radius 1 is 1.17 bits per heavy atom. The first-order chi connectivity index (χ1) is 8.51. The zero-order chi connectivity index (χ0) is 14.0. The van der Waals surface area contributed by atoms with Crippen LogP contribution in [0.2, 0.25) is 18.6 Å². The quantitative estimate of drug-likeness (QED) is 0.440. The average Bonchev–Trinajstić information content (AvgIpc) is 2.38. The van der Waals surface area contributed by atoms with Gasteiger partial charge in [-0.3, -0.25) is 0 Å². The van der Waals surface area contributed by atoms with Crippen molar-refractivity contribution in [3.8, 4) is 0 Å². The molecule has 0 aromatic rings. The number of hydrogen-bond donors (Lipinski definition) is 0. The lowest BCUT2D eigenvalue weighted by Gasteiger charge is -2.24. The highest BCUT2D eigenvalue weighted by Crippen LogP contribution is 2.18. The lowest BCUT2D eigenvalue weighted by molar-refractivity contribution is 0.0785. The smallest absolute Gasteiger partial charge is 0.489 e. The largest absolute Gasteiger partial charge is 0.494 e. The number of carbonyl (C=O) groups is 1. The van der Waals surface area contributed by atoms with Crippen LogP contribution in [0.25, 0.3) is 0 Å². The number of unbranched alkanes of at least 4 members (excludes halogenated alkanes) is 1. The van der Waals surface area contributed by atoms with E-state index in [1.807, 2.05) is 0 Å². The highest BCUT2D eigenvalue weighted by Gasteiger charge is 2.29. The fourth-order valence-electron chi connectivity index (χ4n) is 1.71. The molecule has 0 rings (SSSR count). The zero-order valence-corrected chi connectivity index (χ0v) is 13.8. The third-order valence-electron chi connectivity index (χ3n) is 3.81. The van der Waals surface area contributed by atoms with Gasteiger partial charge in [0.15, 0.2) is 0 Å². The molecule has 0 radical (unpaired) electrons. The second-order valence-corrected chi connectivity index (χ2v) is 9.75.